The number of aromatic nitrogens is 3. The molecule has 30 heavy (non-hydrogen) atoms. The van der Waals surface area contributed by atoms with Gasteiger partial charge >= 0.3 is 0 Å². The van der Waals surface area contributed by atoms with Crippen LogP contribution in [0.2, 0.25) is 0 Å². The Morgan fingerprint density at radius 2 is 2.17 bits per heavy atom. The Morgan fingerprint density at radius 3 is 2.90 bits per heavy atom. The van der Waals surface area contributed by atoms with Gasteiger partial charge in [0.15, 0.2) is 17.3 Å². The van der Waals surface area contributed by atoms with E-state index in [1.165, 1.54) is 23.2 Å². The van der Waals surface area contributed by atoms with Gasteiger partial charge in [0, 0.05) is 35.5 Å². The van der Waals surface area contributed by atoms with Gasteiger partial charge in [0.1, 0.15) is 18.0 Å². The molecule has 0 saturated carbocycles. The summed E-state index contributed by atoms with van der Waals surface area (Å²) in [6, 6.07) is 6.55. The van der Waals surface area contributed by atoms with Crippen LogP contribution in [0.4, 0.5) is 10.2 Å². The molecule has 3 heterocycles. The maximum absolute atomic E-state index is 14.3. The van der Waals surface area contributed by atoms with E-state index in [0.29, 0.717) is 33.5 Å². The van der Waals surface area contributed by atoms with Crippen LogP contribution in [0.15, 0.2) is 24.4 Å². The van der Waals surface area contributed by atoms with E-state index in [2.05, 4.69) is 15.2 Å². The Balaban J connectivity index is 1.97. The van der Waals surface area contributed by atoms with Crippen LogP contribution >= 0.6 is 0 Å². The summed E-state index contributed by atoms with van der Waals surface area (Å²) in [6.45, 7) is 3.47. The number of rotatable bonds is 0. The molecule has 1 amide bonds. The van der Waals surface area contributed by atoms with Gasteiger partial charge in [-0.25, -0.2) is 9.37 Å². The summed E-state index contributed by atoms with van der Waals surface area (Å²) in [7, 11) is 1.63. The normalized spacial score (nSPS) is 15.9. The van der Waals surface area contributed by atoms with Crippen molar-refractivity contribution in [2.24, 2.45) is 0 Å². The Bertz CT molecular complexity index is 1210. The van der Waals surface area contributed by atoms with Crippen LogP contribution in [0.25, 0.3) is 11.1 Å². The number of nitriles is 1. The summed E-state index contributed by atoms with van der Waals surface area (Å²) in [4.78, 5) is 18.9. The van der Waals surface area contributed by atoms with E-state index in [9.17, 15) is 14.4 Å². The molecule has 0 spiro atoms. The number of H-pyrrole nitrogens is 1. The molecular weight excluding hydrogens is 387 g/mol. The van der Waals surface area contributed by atoms with Gasteiger partial charge in [0.25, 0.3) is 5.91 Å². The van der Waals surface area contributed by atoms with Crippen molar-refractivity contribution in [2.75, 3.05) is 12.8 Å². The minimum absolute atomic E-state index is 0.142. The van der Waals surface area contributed by atoms with Crippen LogP contribution in [0, 0.1) is 24.1 Å². The fourth-order valence-electron chi connectivity index (χ4n) is 3.56. The van der Waals surface area contributed by atoms with Gasteiger partial charge in [-0.1, -0.05) is 0 Å². The third-order valence-electron chi connectivity index (χ3n) is 5.16. The highest BCUT2D eigenvalue weighted by molar-refractivity contribution is 5.96. The number of benzene rings is 1. The lowest BCUT2D eigenvalue weighted by Gasteiger charge is -2.24. The van der Waals surface area contributed by atoms with E-state index in [1.54, 1.807) is 27.0 Å². The fourth-order valence-corrected chi connectivity index (χ4v) is 3.56. The Kier molecular flexibility index (Phi) is 4.62. The Hall–Kier alpha value is -3.93. The van der Waals surface area contributed by atoms with Crippen LogP contribution < -0.4 is 10.5 Å². The van der Waals surface area contributed by atoms with E-state index in [-0.39, 0.29) is 29.7 Å². The first kappa shape index (κ1) is 19.4. The zero-order chi connectivity index (χ0) is 21.6. The van der Waals surface area contributed by atoms with Gasteiger partial charge in [0.05, 0.1) is 12.2 Å². The average molecular weight is 406 g/mol. The molecule has 1 atom stereocenters. The molecule has 1 aromatic carbocycles. The lowest BCUT2D eigenvalue weighted by molar-refractivity contribution is 0.0778. The number of halogens is 1. The van der Waals surface area contributed by atoms with Gasteiger partial charge in [-0.05, 0) is 37.6 Å². The molecule has 0 radical (unpaired) electrons. The van der Waals surface area contributed by atoms with Gasteiger partial charge in [-0.3, -0.25) is 9.89 Å². The molecule has 2 bridgehead atoms. The summed E-state index contributed by atoms with van der Waals surface area (Å²) < 4.78 is 20.3. The number of carbonyl (C=O) groups is 1. The number of aromatic amines is 1. The highest BCUT2D eigenvalue weighted by Crippen LogP contribution is 2.35. The number of hydrogen-bond acceptors (Lipinski definition) is 6. The molecule has 0 saturated heterocycles. The predicted molar refractivity (Wildman–Crippen MR) is 107 cm³/mol. The largest absolute Gasteiger partial charge is 0.482 e. The first-order chi connectivity index (χ1) is 14.3. The topological polar surface area (TPSA) is 121 Å². The summed E-state index contributed by atoms with van der Waals surface area (Å²) in [5.74, 6) is -0.327. The van der Waals surface area contributed by atoms with Crippen molar-refractivity contribution in [3.05, 3.63) is 58.3 Å². The first-order valence-electron chi connectivity index (χ1n) is 9.25. The minimum atomic E-state index is -0.675. The van der Waals surface area contributed by atoms with E-state index in [0.717, 1.165) is 0 Å². The molecule has 0 aliphatic carbocycles. The smallest absolute Gasteiger partial charge is 0.254 e. The van der Waals surface area contributed by atoms with Crippen molar-refractivity contribution in [2.45, 2.75) is 26.5 Å². The summed E-state index contributed by atoms with van der Waals surface area (Å²) in [5.41, 5.74) is 8.91. The van der Waals surface area contributed by atoms with E-state index in [1.807, 2.05) is 6.07 Å². The zero-order valence-corrected chi connectivity index (χ0v) is 16.7. The standard InChI is InChI=1S/C21H19FN6O2/c1-10-4-14-13(6-15(10)22)11(2)30-18-5-12(8-25-20(18)24)19-16(7-23)26-27-17(19)9-28(3)21(14)29/h4-6,8,11H,9H2,1-3H3,(H2,24,25)(H,26,27). The monoisotopic (exact) mass is 406 g/mol. The maximum atomic E-state index is 14.3. The van der Waals surface area contributed by atoms with Crippen LogP contribution in [0.5, 0.6) is 5.75 Å². The van der Waals surface area contributed by atoms with Crippen LogP contribution in [-0.4, -0.2) is 33.0 Å². The number of nitrogens with zero attached hydrogens (tertiary/aromatic N) is 4. The van der Waals surface area contributed by atoms with Gasteiger partial charge in [0.2, 0.25) is 0 Å². The number of amides is 1. The van der Waals surface area contributed by atoms with E-state index >= 15 is 0 Å². The van der Waals surface area contributed by atoms with Gasteiger partial charge in [-0.2, -0.15) is 10.4 Å². The lowest BCUT2D eigenvalue weighted by Crippen LogP contribution is -2.28. The fraction of sp³-hybridized carbons (Fsp3) is 0.238. The van der Waals surface area contributed by atoms with Crippen molar-refractivity contribution in [3.63, 3.8) is 0 Å². The number of nitrogens with one attached hydrogen (secondary N) is 1. The van der Waals surface area contributed by atoms with E-state index < -0.39 is 11.9 Å². The molecule has 1 aliphatic heterocycles. The SMILES string of the molecule is Cc1cc2c(cc1F)C(C)Oc1cc(cnc1N)-c1c(C#N)n[nH]c1CN(C)C2=O. The quantitative estimate of drug-likeness (QED) is 0.592. The third-order valence-corrected chi connectivity index (χ3v) is 5.16. The second-order valence-electron chi connectivity index (χ2n) is 7.25. The molecule has 8 nitrogen and oxygen atoms in total. The molecule has 4 rings (SSSR count). The highest BCUT2D eigenvalue weighted by Gasteiger charge is 2.26. The minimum Gasteiger partial charge on any atom is -0.482 e. The second-order valence-corrected chi connectivity index (χ2v) is 7.25. The summed E-state index contributed by atoms with van der Waals surface area (Å²) in [5, 5.41) is 16.4. The average Bonchev–Trinajstić information content (AvgIpc) is 3.12. The van der Waals surface area contributed by atoms with E-state index in [4.69, 9.17) is 10.5 Å². The molecule has 3 aromatic rings. The number of aryl methyl sites for hydroxylation is 1. The number of nitrogens with two attached hydrogens (primary N) is 1. The lowest BCUT2D eigenvalue weighted by atomic mass is 9.98. The number of hydrogen-bond donors (Lipinski definition) is 2. The number of anilines is 1. The van der Waals surface area contributed by atoms with Crippen molar-refractivity contribution in [1.29, 1.82) is 5.26 Å². The predicted octanol–water partition coefficient (Wildman–Crippen LogP) is 3.10. The van der Waals surface area contributed by atoms with Crippen LogP contribution in [-0.2, 0) is 6.54 Å². The maximum Gasteiger partial charge on any atom is 0.254 e. The first-order valence-corrected chi connectivity index (χ1v) is 9.25. The highest BCUT2D eigenvalue weighted by atomic mass is 19.1. The molecule has 0 fully saturated rings. The van der Waals surface area contributed by atoms with Gasteiger partial charge in [-0.15, -0.1) is 0 Å². The molecule has 3 N–H and O–H groups in total. The van der Waals surface area contributed by atoms with Crippen molar-refractivity contribution in [3.8, 4) is 22.9 Å². The Labute approximate surface area is 172 Å². The summed E-state index contributed by atoms with van der Waals surface area (Å²) >= 11 is 0. The number of ether oxygens (including phenoxy) is 1. The molecule has 1 aliphatic rings. The van der Waals surface area contributed by atoms with Gasteiger partial charge < -0.3 is 15.4 Å². The number of carbonyl (C=O) groups excluding carboxylic acids is 1. The third kappa shape index (κ3) is 3.12. The van der Waals surface area contributed by atoms with Crippen LogP contribution in [0.3, 0.4) is 0 Å². The molecular formula is C21H19FN6O2. The van der Waals surface area contributed by atoms with Crippen molar-refractivity contribution < 1.29 is 13.9 Å². The van der Waals surface area contributed by atoms with Crippen LogP contribution in [0.1, 0.15) is 45.9 Å². The summed E-state index contributed by atoms with van der Waals surface area (Å²) in [6.07, 6.45) is 0.845. The number of pyridine rings is 1. The molecule has 1 unspecified atom stereocenters. The second kappa shape index (κ2) is 7.15. The number of fused-ring (bicyclic) bond motifs is 5. The van der Waals surface area contributed by atoms with Crippen molar-refractivity contribution >= 4 is 11.7 Å². The molecule has 9 heteroatoms. The molecule has 152 valence electrons. The number of nitrogen functional groups attached to an aromatic ring is 1. The zero-order valence-electron chi connectivity index (χ0n) is 16.7. The van der Waals surface area contributed by atoms with Crippen molar-refractivity contribution in [1.82, 2.24) is 20.1 Å². The molecule has 2 aromatic heterocycles. The Morgan fingerprint density at radius 1 is 1.40 bits per heavy atom.